The van der Waals surface area contributed by atoms with Gasteiger partial charge in [-0.25, -0.2) is 4.98 Å². The number of guanidine groups is 1. The van der Waals surface area contributed by atoms with E-state index in [4.69, 9.17) is 4.74 Å². The van der Waals surface area contributed by atoms with Crippen LogP contribution in [0.2, 0.25) is 0 Å². The lowest BCUT2D eigenvalue weighted by atomic mass is 10.2. The standard InChI is InChI=1S/C19H27N5OS.HI/c1-13-18(26-14(2)22-13)11-21-19(20-3)23-15-9-10-24(12-15)16-7-5-6-8-17(16)25-4;/h5-8,15H,9-12H2,1-4H3,(H2,20,21,23);1H. The molecule has 0 bridgehead atoms. The average molecular weight is 501 g/mol. The number of para-hydroxylation sites is 2. The predicted octanol–water partition coefficient (Wildman–Crippen LogP) is 3.33. The van der Waals surface area contributed by atoms with Crippen LogP contribution in [0.1, 0.15) is 22.0 Å². The Morgan fingerprint density at radius 3 is 2.81 bits per heavy atom. The van der Waals surface area contributed by atoms with Crippen LogP contribution in [-0.2, 0) is 6.54 Å². The van der Waals surface area contributed by atoms with Gasteiger partial charge in [-0.15, -0.1) is 35.3 Å². The fourth-order valence-electron chi connectivity index (χ4n) is 3.28. The molecule has 1 aliphatic rings. The molecule has 1 atom stereocenters. The smallest absolute Gasteiger partial charge is 0.191 e. The maximum absolute atomic E-state index is 5.49. The number of aliphatic imine (C=N–C) groups is 1. The molecule has 1 aliphatic heterocycles. The zero-order valence-electron chi connectivity index (χ0n) is 16.3. The van der Waals surface area contributed by atoms with Gasteiger partial charge in [0, 0.05) is 31.1 Å². The minimum Gasteiger partial charge on any atom is -0.495 e. The van der Waals surface area contributed by atoms with Gasteiger partial charge in [-0.1, -0.05) is 12.1 Å². The van der Waals surface area contributed by atoms with E-state index in [0.29, 0.717) is 6.04 Å². The summed E-state index contributed by atoms with van der Waals surface area (Å²) in [6.07, 6.45) is 1.07. The van der Waals surface area contributed by atoms with Crippen LogP contribution in [0.4, 0.5) is 5.69 Å². The first-order chi connectivity index (χ1) is 12.6. The number of hydrogen-bond donors (Lipinski definition) is 2. The molecule has 2 N–H and O–H groups in total. The molecule has 0 aliphatic carbocycles. The first kappa shape index (κ1) is 21.7. The largest absolute Gasteiger partial charge is 0.495 e. The highest BCUT2D eigenvalue weighted by Crippen LogP contribution is 2.30. The highest BCUT2D eigenvalue weighted by Gasteiger charge is 2.25. The van der Waals surface area contributed by atoms with Crippen molar-refractivity contribution in [3.05, 3.63) is 39.8 Å². The van der Waals surface area contributed by atoms with E-state index in [-0.39, 0.29) is 24.0 Å². The summed E-state index contributed by atoms with van der Waals surface area (Å²) in [5.74, 6) is 1.76. The Balaban J connectivity index is 0.00000261. The van der Waals surface area contributed by atoms with E-state index in [1.807, 2.05) is 26.1 Å². The summed E-state index contributed by atoms with van der Waals surface area (Å²) in [5, 5.41) is 8.05. The number of ether oxygens (including phenoxy) is 1. The maximum atomic E-state index is 5.49. The van der Waals surface area contributed by atoms with E-state index in [9.17, 15) is 0 Å². The van der Waals surface area contributed by atoms with E-state index in [2.05, 4.69) is 44.6 Å². The van der Waals surface area contributed by atoms with Gasteiger partial charge in [0.05, 0.1) is 30.0 Å². The Labute approximate surface area is 182 Å². The fourth-order valence-corrected chi connectivity index (χ4v) is 4.15. The average Bonchev–Trinajstić information content (AvgIpc) is 3.24. The molecular formula is C19H28IN5OS. The zero-order chi connectivity index (χ0) is 18.5. The van der Waals surface area contributed by atoms with Gasteiger partial charge in [-0.3, -0.25) is 4.99 Å². The summed E-state index contributed by atoms with van der Waals surface area (Å²) in [6.45, 7) is 6.78. The SMILES string of the molecule is CN=C(NCc1sc(C)nc1C)NC1CCN(c2ccccc2OC)C1.I. The van der Waals surface area contributed by atoms with Crippen molar-refractivity contribution >= 4 is 47.0 Å². The van der Waals surface area contributed by atoms with Crippen molar-refractivity contribution < 1.29 is 4.74 Å². The molecule has 27 heavy (non-hydrogen) atoms. The van der Waals surface area contributed by atoms with Crippen LogP contribution in [0.15, 0.2) is 29.3 Å². The first-order valence-corrected chi connectivity index (χ1v) is 9.70. The number of nitrogens with zero attached hydrogens (tertiary/aromatic N) is 3. The van der Waals surface area contributed by atoms with Gasteiger partial charge in [0.1, 0.15) is 5.75 Å². The van der Waals surface area contributed by atoms with Crippen molar-refractivity contribution in [3.63, 3.8) is 0 Å². The van der Waals surface area contributed by atoms with E-state index in [0.717, 1.165) is 54.2 Å². The van der Waals surface area contributed by atoms with Crippen molar-refractivity contribution in [1.82, 2.24) is 15.6 Å². The molecule has 1 aromatic heterocycles. The lowest BCUT2D eigenvalue weighted by Crippen LogP contribution is -2.44. The van der Waals surface area contributed by atoms with Gasteiger partial charge >= 0.3 is 0 Å². The number of hydrogen-bond acceptors (Lipinski definition) is 5. The third-order valence-electron chi connectivity index (χ3n) is 4.59. The predicted molar refractivity (Wildman–Crippen MR) is 124 cm³/mol. The minimum absolute atomic E-state index is 0. The molecule has 0 amide bonds. The van der Waals surface area contributed by atoms with Crippen molar-refractivity contribution in [2.45, 2.75) is 32.9 Å². The van der Waals surface area contributed by atoms with E-state index < -0.39 is 0 Å². The lowest BCUT2D eigenvalue weighted by Gasteiger charge is -2.22. The minimum atomic E-state index is 0. The topological polar surface area (TPSA) is 61.8 Å². The molecule has 1 unspecified atom stereocenters. The molecular weight excluding hydrogens is 473 g/mol. The van der Waals surface area contributed by atoms with Crippen molar-refractivity contribution in [1.29, 1.82) is 0 Å². The van der Waals surface area contributed by atoms with Gasteiger partial charge in [0.15, 0.2) is 5.96 Å². The molecule has 3 rings (SSSR count). The maximum Gasteiger partial charge on any atom is 0.191 e. The second-order valence-electron chi connectivity index (χ2n) is 6.42. The summed E-state index contributed by atoms with van der Waals surface area (Å²) < 4.78 is 5.49. The summed E-state index contributed by atoms with van der Waals surface area (Å²) in [6, 6.07) is 8.54. The van der Waals surface area contributed by atoms with Crippen LogP contribution >= 0.6 is 35.3 Å². The Morgan fingerprint density at radius 2 is 2.15 bits per heavy atom. The first-order valence-electron chi connectivity index (χ1n) is 8.88. The normalized spacial score (nSPS) is 16.8. The van der Waals surface area contributed by atoms with Gasteiger partial charge < -0.3 is 20.3 Å². The second kappa shape index (κ2) is 10.1. The molecule has 8 heteroatoms. The summed E-state index contributed by atoms with van der Waals surface area (Å²) >= 11 is 1.73. The van der Waals surface area contributed by atoms with Gasteiger partial charge in [0.2, 0.25) is 0 Å². The molecule has 1 saturated heterocycles. The van der Waals surface area contributed by atoms with Crippen molar-refractivity contribution in [2.75, 3.05) is 32.1 Å². The number of rotatable bonds is 5. The Kier molecular flexibility index (Phi) is 8.15. The van der Waals surface area contributed by atoms with Gasteiger partial charge in [-0.2, -0.15) is 0 Å². The Morgan fingerprint density at radius 1 is 1.37 bits per heavy atom. The fraction of sp³-hybridized carbons (Fsp3) is 0.474. The van der Waals surface area contributed by atoms with Crippen LogP contribution in [0, 0.1) is 13.8 Å². The van der Waals surface area contributed by atoms with E-state index in [1.54, 1.807) is 18.4 Å². The van der Waals surface area contributed by atoms with Crippen molar-refractivity contribution in [2.24, 2.45) is 4.99 Å². The number of nitrogens with one attached hydrogen (secondary N) is 2. The Hall–Kier alpha value is -1.55. The number of anilines is 1. The molecule has 0 spiro atoms. The third-order valence-corrected chi connectivity index (χ3v) is 5.67. The molecule has 2 heterocycles. The molecule has 0 saturated carbocycles. The second-order valence-corrected chi connectivity index (χ2v) is 7.70. The van der Waals surface area contributed by atoms with Gasteiger partial charge in [-0.05, 0) is 32.4 Å². The third kappa shape index (κ3) is 5.47. The summed E-state index contributed by atoms with van der Waals surface area (Å²) in [4.78, 5) is 12.5. The number of methoxy groups -OCH3 is 1. The highest BCUT2D eigenvalue weighted by molar-refractivity contribution is 14.0. The lowest BCUT2D eigenvalue weighted by molar-refractivity contribution is 0.415. The quantitative estimate of drug-likeness (QED) is 0.374. The van der Waals surface area contributed by atoms with Crippen LogP contribution < -0.4 is 20.3 Å². The monoisotopic (exact) mass is 501 g/mol. The zero-order valence-corrected chi connectivity index (χ0v) is 19.4. The number of thiazole rings is 1. The highest BCUT2D eigenvalue weighted by atomic mass is 127. The number of benzene rings is 1. The van der Waals surface area contributed by atoms with Crippen LogP contribution in [0.3, 0.4) is 0 Å². The van der Waals surface area contributed by atoms with Crippen LogP contribution in [-0.4, -0.2) is 44.2 Å². The molecule has 2 aromatic rings. The Bertz CT molecular complexity index is 779. The molecule has 148 valence electrons. The van der Waals surface area contributed by atoms with Crippen LogP contribution in [0.25, 0.3) is 0 Å². The molecule has 1 fully saturated rings. The van der Waals surface area contributed by atoms with E-state index >= 15 is 0 Å². The van der Waals surface area contributed by atoms with E-state index in [1.165, 1.54) is 4.88 Å². The number of halogens is 1. The molecule has 6 nitrogen and oxygen atoms in total. The number of aryl methyl sites for hydroxylation is 2. The summed E-state index contributed by atoms with van der Waals surface area (Å²) in [7, 11) is 3.53. The van der Waals surface area contributed by atoms with Crippen LogP contribution in [0.5, 0.6) is 5.75 Å². The molecule has 1 aromatic carbocycles. The summed E-state index contributed by atoms with van der Waals surface area (Å²) in [5.41, 5.74) is 2.25. The number of aromatic nitrogens is 1. The molecule has 0 radical (unpaired) electrons. The van der Waals surface area contributed by atoms with Gasteiger partial charge in [0.25, 0.3) is 0 Å². The van der Waals surface area contributed by atoms with Crippen molar-refractivity contribution in [3.8, 4) is 5.75 Å².